The highest BCUT2D eigenvalue weighted by Gasteiger charge is 2.12. The second-order valence-corrected chi connectivity index (χ2v) is 4.75. The minimum absolute atomic E-state index is 0.184. The fraction of sp³-hybridized carbons (Fsp3) is 0.429. The highest BCUT2D eigenvalue weighted by Crippen LogP contribution is 2.18. The number of anilines is 1. The lowest BCUT2D eigenvalue weighted by atomic mass is 10.1. The summed E-state index contributed by atoms with van der Waals surface area (Å²) in [6.07, 6.45) is 1.90. The van der Waals surface area contributed by atoms with Crippen LogP contribution in [0.15, 0.2) is 24.3 Å². The molecule has 0 aliphatic heterocycles. The van der Waals surface area contributed by atoms with E-state index in [1.165, 1.54) is 0 Å². The third kappa shape index (κ3) is 4.87. The maximum absolute atomic E-state index is 11.7. The summed E-state index contributed by atoms with van der Waals surface area (Å²) in [5.74, 6) is -0.242. The third-order valence-corrected chi connectivity index (χ3v) is 2.93. The fourth-order valence-electron chi connectivity index (χ4n) is 1.67. The van der Waals surface area contributed by atoms with Crippen molar-refractivity contribution in [2.75, 3.05) is 25.1 Å². The highest BCUT2D eigenvalue weighted by atomic mass is 32.1. The zero-order chi connectivity index (χ0) is 14.3. The van der Waals surface area contributed by atoms with Gasteiger partial charge in [0, 0.05) is 18.3 Å². The van der Waals surface area contributed by atoms with E-state index in [1.54, 1.807) is 4.90 Å². The van der Waals surface area contributed by atoms with E-state index < -0.39 is 0 Å². The molecule has 0 saturated carbocycles. The summed E-state index contributed by atoms with van der Waals surface area (Å²) in [6, 6.07) is 7.48. The number of unbranched alkanes of at least 4 members (excludes halogenated alkanes) is 1. The lowest BCUT2D eigenvalue weighted by molar-refractivity contribution is -0.142. The number of para-hydroxylation sites is 1. The first-order valence-electron chi connectivity index (χ1n) is 6.31. The van der Waals surface area contributed by atoms with Gasteiger partial charge in [-0.05, 0) is 18.6 Å². The van der Waals surface area contributed by atoms with Crippen molar-refractivity contribution in [3.63, 3.8) is 0 Å². The van der Waals surface area contributed by atoms with E-state index >= 15 is 0 Å². The van der Waals surface area contributed by atoms with E-state index in [9.17, 15) is 4.79 Å². The molecule has 0 aromatic heterocycles. The summed E-state index contributed by atoms with van der Waals surface area (Å²) >= 11 is 5.00. The predicted octanol–water partition coefficient (Wildman–Crippen LogP) is 2.10. The molecule has 4 nitrogen and oxygen atoms in total. The molecule has 2 N–H and O–H groups in total. The van der Waals surface area contributed by atoms with Gasteiger partial charge in [-0.1, -0.05) is 37.7 Å². The van der Waals surface area contributed by atoms with Gasteiger partial charge in [0.15, 0.2) is 0 Å². The summed E-state index contributed by atoms with van der Waals surface area (Å²) in [5, 5.41) is 0. The Hall–Kier alpha value is -1.62. The van der Waals surface area contributed by atoms with Gasteiger partial charge in [0.2, 0.25) is 0 Å². The fourth-order valence-corrected chi connectivity index (χ4v) is 1.84. The number of hydrogen-bond acceptors (Lipinski definition) is 4. The molecule has 0 heterocycles. The molecule has 0 spiro atoms. The number of nitrogens with zero attached hydrogens (tertiary/aromatic N) is 1. The molecule has 0 atom stereocenters. The van der Waals surface area contributed by atoms with Gasteiger partial charge in [-0.3, -0.25) is 4.79 Å². The Morgan fingerprint density at radius 3 is 2.74 bits per heavy atom. The van der Waals surface area contributed by atoms with E-state index in [-0.39, 0.29) is 12.5 Å². The van der Waals surface area contributed by atoms with Crippen molar-refractivity contribution >= 4 is 28.9 Å². The number of nitrogens with two attached hydrogens (primary N) is 1. The van der Waals surface area contributed by atoms with Gasteiger partial charge in [0.05, 0.1) is 6.61 Å². The molecule has 0 unspecified atom stereocenters. The van der Waals surface area contributed by atoms with E-state index in [2.05, 4.69) is 6.92 Å². The van der Waals surface area contributed by atoms with Crippen molar-refractivity contribution in [3.05, 3.63) is 29.8 Å². The number of likely N-dealkylation sites (N-methyl/N-ethyl adjacent to an activating group) is 1. The molecule has 1 aromatic carbocycles. The molecule has 0 saturated heterocycles. The van der Waals surface area contributed by atoms with Crippen LogP contribution < -0.4 is 10.6 Å². The zero-order valence-corrected chi connectivity index (χ0v) is 12.2. The Bertz CT molecular complexity index is 449. The first-order chi connectivity index (χ1) is 9.06. The van der Waals surface area contributed by atoms with Crippen molar-refractivity contribution in [1.82, 2.24) is 0 Å². The number of ether oxygens (including phenoxy) is 1. The normalized spacial score (nSPS) is 10.0. The number of hydrogen-bond donors (Lipinski definition) is 1. The van der Waals surface area contributed by atoms with E-state index in [1.807, 2.05) is 31.3 Å². The molecule has 5 heteroatoms. The average molecular weight is 280 g/mol. The molecule has 19 heavy (non-hydrogen) atoms. The molecule has 0 bridgehead atoms. The first-order valence-corrected chi connectivity index (χ1v) is 6.72. The Morgan fingerprint density at radius 1 is 1.42 bits per heavy atom. The molecule has 0 radical (unpaired) electrons. The van der Waals surface area contributed by atoms with Crippen LogP contribution in [0.25, 0.3) is 0 Å². The molecule has 1 rings (SSSR count). The number of thiocarbonyl (C=S) groups is 1. The molecular weight excluding hydrogens is 260 g/mol. The first kappa shape index (κ1) is 15.4. The lowest BCUT2D eigenvalue weighted by Crippen LogP contribution is -2.29. The molecule has 0 aliphatic rings. The number of rotatable bonds is 7. The van der Waals surface area contributed by atoms with Gasteiger partial charge in [0.1, 0.15) is 11.5 Å². The Morgan fingerprint density at radius 2 is 2.11 bits per heavy atom. The predicted molar refractivity (Wildman–Crippen MR) is 81.5 cm³/mol. The zero-order valence-electron chi connectivity index (χ0n) is 11.4. The van der Waals surface area contributed by atoms with Crippen molar-refractivity contribution in [2.45, 2.75) is 19.8 Å². The molecule has 0 aliphatic carbocycles. The Kier molecular flexibility index (Phi) is 6.29. The standard InChI is InChI=1S/C14H20N2O2S/c1-3-4-9-18-13(17)10-16(2)12-8-6-5-7-11(12)14(15)19/h5-8H,3-4,9-10H2,1-2H3,(H2,15,19). The minimum Gasteiger partial charge on any atom is -0.464 e. The van der Waals surface area contributed by atoms with Gasteiger partial charge < -0.3 is 15.4 Å². The number of esters is 1. The van der Waals surface area contributed by atoms with Crippen LogP contribution in [0.3, 0.4) is 0 Å². The summed E-state index contributed by atoms with van der Waals surface area (Å²) in [6.45, 7) is 2.71. The van der Waals surface area contributed by atoms with Gasteiger partial charge in [0.25, 0.3) is 0 Å². The minimum atomic E-state index is -0.242. The van der Waals surface area contributed by atoms with Gasteiger partial charge >= 0.3 is 5.97 Å². The van der Waals surface area contributed by atoms with Crippen molar-refractivity contribution < 1.29 is 9.53 Å². The SMILES string of the molecule is CCCCOC(=O)CN(C)c1ccccc1C(N)=S. The number of carbonyl (C=O) groups is 1. The number of carbonyl (C=O) groups excluding carboxylic acids is 1. The maximum atomic E-state index is 11.7. The van der Waals surface area contributed by atoms with Gasteiger partial charge in [-0.25, -0.2) is 0 Å². The van der Waals surface area contributed by atoms with Crippen LogP contribution >= 0.6 is 12.2 Å². The summed E-state index contributed by atoms with van der Waals surface area (Å²) in [4.78, 5) is 13.8. The third-order valence-electron chi connectivity index (χ3n) is 2.71. The van der Waals surface area contributed by atoms with Crippen LogP contribution in [-0.4, -0.2) is 31.2 Å². The van der Waals surface area contributed by atoms with Crippen molar-refractivity contribution in [2.24, 2.45) is 5.73 Å². The maximum Gasteiger partial charge on any atom is 0.325 e. The lowest BCUT2D eigenvalue weighted by Gasteiger charge is -2.21. The largest absolute Gasteiger partial charge is 0.464 e. The van der Waals surface area contributed by atoms with Crippen LogP contribution in [-0.2, 0) is 9.53 Å². The Labute approximate surface area is 119 Å². The van der Waals surface area contributed by atoms with Crippen LogP contribution in [0.4, 0.5) is 5.69 Å². The topological polar surface area (TPSA) is 55.6 Å². The highest BCUT2D eigenvalue weighted by molar-refractivity contribution is 7.80. The van der Waals surface area contributed by atoms with E-state index in [4.69, 9.17) is 22.7 Å². The quantitative estimate of drug-likeness (QED) is 0.471. The number of benzene rings is 1. The van der Waals surface area contributed by atoms with Gasteiger partial charge in [-0.2, -0.15) is 0 Å². The van der Waals surface area contributed by atoms with Crippen LogP contribution in [0.2, 0.25) is 0 Å². The monoisotopic (exact) mass is 280 g/mol. The second-order valence-electron chi connectivity index (χ2n) is 4.31. The second kappa shape index (κ2) is 7.74. The summed E-state index contributed by atoms with van der Waals surface area (Å²) < 4.78 is 5.13. The smallest absolute Gasteiger partial charge is 0.325 e. The molecular formula is C14H20N2O2S. The van der Waals surface area contributed by atoms with Crippen molar-refractivity contribution in [1.29, 1.82) is 0 Å². The van der Waals surface area contributed by atoms with Gasteiger partial charge in [-0.15, -0.1) is 0 Å². The van der Waals surface area contributed by atoms with Crippen LogP contribution in [0, 0.1) is 0 Å². The summed E-state index contributed by atoms with van der Waals surface area (Å²) in [5.41, 5.74) is 7.27. The van der Waals surface area contributed by atoms with Crippen LogP contribution in [0.5, 0.6) is 0 Å². The van der Waals surface area contributed by atoms with E-state index in [0.717, 1.165) is 24.1 Å². The molecule has 0 amide bonds. The van der Waals surface area contributed by atoms with E-state index in [0.29, 0.717) is 11.6 Å². The summed E-state index contributed by atoms with van der Waals surface area (Å²) in [7, 11) is 1.82. The average Bonchev–Trinajstić information content (AvgIpc) is 2.39. The molecule has 0 fully saturated rings. The molecule has 104 valence electrons. The van der Waals surface area contributed by atoms with Crippen molar-refractivity contribution in [3.8, 4) is 0 Å². The Balaban J connectivity index is 2.65. The molecule has 1 aromatic rings. The van der Waals surface area contributed by atoms with Crippen LogP contribution in [0.1, 0.15) is 25.3 Å².